The molecule has 0 radical (unpaired) electrons. The topological polar surface area (TPSA) is 116 Å². The average Bonchev–Trinajstić information content (AvgIpc) is 3.50. The zero-order valence-electron chi connectivity index (χ0n) is 20.5. The number of halogens is 3. The van der Waals surface area contributed by atoms with Gasteiger partial charge in [-0.25, -0.2) is 22.6 Å². The molecule has 13 heteroatoms. The van der Waals surface area contributed by atoms with E-state index in [0.29, 0.717) is 24.0 Å². The van der Waals surface area contributed by atoms with Gasteiger partial charge >= 0.3 is 19.5 Å². The number of nitrogens with zero attached hydrogens (tertiary/aromatic N) is 2. The van der Waals surface area contributed by atoms with E-state index in [2.05, 4.69) is 9.97 Å². The van der Waals surface area contributed by atoms with Crippen molar-refractivity contribution in [3.63, 3.8) is 0 Å². The van der Waals surface area contributed by atoms with Crippen LogP contribution in [0.15, 0.2) is 11.0 Å². The highest BCUT2D eigenvalue weighted by Gasteiger charge is 2.35. The van der Waals surface area contributed by atoms with E-state index in [1.807, 2.05) is 0 Å². The van der Waals surface area contributed by atoms with Crippen molar-refractivity contribution in [1.29, 1.82) is 0 Å². The SMILES string of the molecule is Cc1c(N2CC[C@@H](NC(=O)OC(C)(C)C)C2)c(F)c(N)c2c(=O)c(C(=O)OB(F)F)cn(C3CC3)c12. The number of rotatable bonds is 5. The molecule has 1 aliphatic heterocycles. The molecule has 2 heterocycles. The fourth-order valence-corrected chi connectivity index (χ4v) is 4.64. The smallest absolute Gasteiger partial charge is 0.474 e. The molecule has 1 aromatic carbocycles. The third kappa shape index (κ3) is 4.96. The second-order valence-electron chi connectivity index (χ2n) is 10.2. The number of ether oxygens (including phenoxy) is 1. The van der Waals surface area contributed by atoms with Gasteiger partial charge in [0.15, 0.2) is 5.82 Å². The zero-order chi connectivity index (χ0) is 26.5. The van der Waals surface area contributed by atoms with Gasteiger partial charge in [-0.3, -0.25) is 4.79 Å². The molecule has 1 saturated carbocycles. The van der Waals surface area contributed by atoms with Gasteiger partial charge in [0.05, 0.1) is 28.3 Å². The summed E-state index contributed by atoms with van der Waals surface area (Å²) in [7, 11) is -3.41. The molecule has 0 spiro atoms. The standard InChI is InChI=1S/C23H28BF3N4O5/c1-11-18-15(20(32)14(21(33)36-24(26)27)10-31(18)13-5-6-13)17(28)16(25)19(11)30-8-7-12(9-30)29-22(34)35-23(2,3)4/h10,12-13H,5-9,28H2,1-4H3,(H,29,34)/t12-/m1/s1. The molecule has 36 heavy (non-hydrogen) atoms. The molecule has 1 saturated heterocycles. The van der Waals surface area contributed by atoms with Crippen LogP contribution in [0.3, 0.4) is 0 Å². The summed E-state index contributed by atoms with van der Waals surface area (Å²) in [5.74, 6) is -2.35. The van der Waals surface area contributed by atoms with Crippen molar-refractivity contribution in [3.8, 4) is 0 Å². The average molecular weight is 508 g/mol. The monoisotopic (exact) mass is 508 g/mol. The third-order valence-electron chi connectivity index (χ3n) is 6.24. The lowest BCUT2D eigenvalue weighted by atomic mass is 10.0. The number of aromatic nitrogens is 1. The predicted molar refractivity (Wildman–Crippen MR) is 129 cm³/mol. The molecule has 2 fully saturated rings. The molecule has 0 unspecified atom stereocenters. The van der Waals surface area contributed by atoms with E-state index in [9.17, 15) is 23.0 Å². The highest BCUT2D eigenvalue weighted by molar-refractivity contribution is 6.38. The van der Waals surface area contributed by atoms with Gasteiger partial charge in [0.2, 0.25) is 5.43 Å². The van der Waals surface area contributed by atoms with Crippen LogP contribution in [-0.4, -0.2) is 48.8 Å². The number of nitrogens with one attached hydrogen (secondary N) is 1. The van der Waals surface area contributed by atoms with Gasteiger partial charge in [-0.05, 0) is 52.5 Å². The van der Waals surface area contributed by atoms with Crippen LogP contribution in [-0.2, 0) is 9.39 Å². The van der Waals surface area contributed by atoms with Gasteiger partial charge in [0, 0.05) is 25.3 Å². The van der Waals surface area contributed by atoms with Crippen molar-refractivity contribution in [1.82, 2.24) is 9.88 Å². The number of nitrogens with two attached hydrogens (primary N) is 1. The summed E-state index contributed by atoms with van der Waals surface area (Å²) in [6, 6.07) is -0.393. The number of carbonyl (C=O) groups excluding carboxylic acids is 2. The van der Waals surface area contributed by atoms with Crippen LogP contribution >= 0.6 is 0 Å². The Morgan fingerprint density at radius 2 is 1.89 bits per heavy atom. The number of carbonyl (C=O) groups is 2. The minimum atomic E-state index is -3.41. The molecular formula is C23H28BF3N4O5. The molecular weight excluding hydrogens is 480 g/mol. The maximum Gasteiger partial charge on any atom is 0.798 e. The second kappa shape index (κ2) is 9.25. The van der Waals surface area contributed by atoms with Gasteiger partial charge in [-0.15, -0.1) is 0 Å². The number of benzene rings is 1. The Labute approximate surface area is 205 Å². The van der Waals surface area contributed by atoms with Crippen LogP contribution in [0.5, 0.6) is 0 Å². The van der Waals surface area contributed by atoms with Crippen LogP contribution in [0, 0.1) is 12.7 Å². The Morgan fingerprint density at radius 3 is 2.47 bits per heavy atom. The van der Waals surface area contributed by atoms with Crippen LogP contribution in [0.1, 0.15) is 62.0 Å². The number of alkyl carbamates (subject to hydrolysis) is 1. The predicted octanol–water partition coefficient (Wildman–Crippen LogP) is 3.55. The molecule has 1 atom stereocenters. The quantitative estimate of drug-likeness (QED) is 0.469. The van der Waals surface area contributed by atoms with Gasteiger partial charge in [0.1, 0.15) is 11.2 Å². The number of pyridine rings is 1. The van der Waals surface area contributed by atoms with Gasteiger partial charge in [-0.2, -0.15) is 0 Å². The number of hydrogen-bond donors (Lipinski definition) is 2. The summed E-state index contributed by atoms with van der Waals surface area (Å²) in [5, 5.41) is 2.54. The van der Waals surface area contributed by atoms with Gasteiger partial charge in [-0.1, -0.05) is 0 Å². The van der Waals surface area contributed by atoms with Gasteiger partial charge in [0.25, 0.3) is 0 Å². The van der Waals surface area contributed by atoms with E-state index in [4.69, 9.17) is 10.5 Å². The van der Waals surface area contributed by atoms with Crippen molar-refractivity contribution >= 4 is 41.8 Å². The lowest BCUT2D eigenvalue weighted by molar-refractivity contribution is 0.0508. The van der Waals surface area contributed by atoms with Crippen molar-refractivity contribution in [2.75, 3.05) is 23.7 Å². The maximum atomic E-state index is 15.7. The van der Waals surface area contributed by atoms with E-state index < -0.39 is 47.6 Å². The van der Waals surface area contributed by atoms with E-state index in [0.717, 1.165) is 12.8 Å². The third-order valence-corrected chi connectivity index (χ3v) is 6.24. The first-order valence-electron chi connectivity index (χ1n) is 11.7. The number of fused-ring (bicyclic) bond motifs is 1. The number of aryl methyl sites for hydroxylation is 1. The van der Waals surface area contributed by atoms with Crippen molar-refractivity contribution in [3.05, 3.63) is 33.4 Å². The molecule has 1 aromatic heterocycles. The second-order valence-corrected chi connectivity index (χ2v) is 10.2. The highest BCUT2D eigenvalue weighted by Crippen LogP contribution is 2.42. The molecule has 3 N–H and O–H groups in total. The van der Waals surface area contributed by atoms with Crippen LogP contribution in [0.25, 0.3) is 10.9 Å². The first-order valence-corrected chi connectivity index (χ1v) is 11.7. The minimum Gasteiger partial charge on any atom is -0.474 e. The molecule has 2 aliphatic rings. The first kappa shape index (κ1) is 25.7. The zero-order valence-corrected chi connectivity index (χ0v) is 20.5. The molecule has 0 bridgehead atoms. The summed E-state index contributed by atoms with van der Waals surface area (Å²) in [4.78, 5) is 39.2. The Bertz CT molecular complexity index is 1290. The number of hydrogen-bond acceptors (Lipinski definition) is 7. The summed E-state index contributed by atoms with van der Waals surface area (Å²) < 4.78 is 51.8. The molecule has 2 aromatic rings. The van der Waals surface area contributed by atoms with Crippen LogP contribution in [0.4, 0.5) is 29.2 Å². The number of nitrogen functional groups attached to an aromatic ring is 1. The van der Waals surface area contributed by atoms with E-state index in [1.54, 1.807) is 37.2 Å². The van der Waals surface area contributed by atoms with E-state index in [1.165, 1.54) is 6.20 Å². The van der Waals surface area contributed by atoms with Crippen LogP contribution < -0.4 is 21.4 Å². The Hall–Kier alpha value is -3.38. The molecule has 1 amide bonds. The Balaban J connectivity index is 1.75. The number of amides is 1. The lowest BCUT2D eigenvalue weighted by Crippen LogP contribution is -2.40. The van der Waals surface area contributed by atoms with E-state index in [-0.39, 0.29) is 29.7 Å². The highest BCUT2D eigenvalue weighted by atomic mass is 19.2. The van der Waals surface area contributed by atoms with Crippen LogP contribution in [0.2, 0.25) is 0 Å². The summed E-state index contributed by atoms with van der Waals surface area (Å²) in [6.07, 6.45) is 2.62. The molecule has 194 valence electrons. The van der Waals surface area contributed by atoms with E-state index >= 15 is 4.39 Å². The first-order chi connectivity index (χ1) is 16.8. The van der Waals surface area contributed by atoms with Crippen molar-refractivity contribution in [2.45, 2.75) is 64.6 Å². The lowest BCUT2D eigenvalue weighted by Gasteiger charge is -2.26. The summed E-state index contributed by atoms with van der Waals surface area (Å²) in [5.41, 5.74) is 4.32. The van der Waals surface area contributed by atoms with Crippen molar-refractivity contribution < 1.29 is 32.0 Å². The van der Waals surface area contributed by atoms with Crippen molar-refractivity contribution in [2.24, 2.45) is 0 Å². The largest absolute Gasteiger partial charge is 0.798 e. The summed E-state index contributed by atoms with van der Waals surface area (Å²) >= 11 is 0. The molecule has 1 aliphatic carbocycles. The number of anilines is 2. The Kier molecular flexibility index (Phi) is 6.61. The fourth-order valence-electron chi connectivity index (χ4n) is 4.64. The van der Waals surface area contributed by atoms with Gasteiger partial charge < -0.3 is 29.9 Å². The normalized spacial score (nSPS) is 17.9. The summed E-state index contributed by atoms with van der Waals surface area (Å²) in [6.45, 7) is 7.60. The Morgan fingerprint density at radius 1 is 1.22 bits per heavy atom. The molecule has 9 nitrogen and oxygen atoms in total. The molecule has 4 rings (SSSR count). The minimum absolute atomic E-state index is 0.0947. The maximum absolute atomic E-state index is 15.7. The fraction of sp³-hybridized carbons (Fsp3) is 0.522.